The highest BCUT2D eigenvalue weighted by Crippen LogP contribution is 2.45. The zero-order valence-corrected chi connectivity index (χ0v) is 33.2. The van der Waals surface area contributed by atoms with Gasteiger partial charge < -0.3 is 33.9 Å². The van der Waals surface area contributed by atoms with Gasteiger partial charge in [-0.3, -0.25) is 14.4 Å². The predicted molar refractivity (Wildman–Crippen MR) is 203 cm³/mol. The van der Waals surface area contributed by atoms with Crippen molar-refractivity contribution in [3.8, 4) is 11.5 Å². The van der Waals surface area contributed by atoms with E-state index in [1.807, 2.05) is 53.7 Å². The number of carbonyl (C=O) groups excluding carboxylic acids is 5. The molecule has 0 saturated carbocycles. The van der Waals surface area contributed by atoms with Crippen molar-refractivity contribution < 1.29 is 49.4 Å². The molecule has 4 aliphatic rings. The molecule has 2 amide bonds. The third-order valence-electron chi connectivity index (χ3n) is 9.98. The molecule has 296 valence electrons. The number of carbonyl (C=O) groups is 5. The number of hydrogen-bond acceptors (Lipinski definition) is 10. The van der Waals surface area contributed by atoms with Gasteiger partial charge in [-0.15, -0.1) is 0 Å². The fourth-order valence-electron chi connectivity index (χ4n) is 7.69. The highest BCUT2D eigenvalue weighted by molar-refractivity contribution is 6.13. The number of fused-ring (bicyclic) bond motifs is 2. The van der Waals surface area contributed by atoms with Crippen LogP contribution < -0.4 is 9.47 Å². The summed E-state index contributed by atoms with van der Waals surface area (Å²) in [4.78, 5) is 66.1. The molecule has 1 N–H and O–H groups in total. The van der Waals surface area contributed by atoms with Gasteiger partial charge in [-0.05, 0) is 79.7 Å². The molecule has 2 saturated heterocycles. The van der Waals surface area contributed by atoms with Crippen LogP contribution in [-0.2, 0) is 14.3 Å². The Morgan fingerprint density at radius 2 is 1.13 bits per heavy atom. The van der Waals surface area contributed by atoms with Crippen molar-refractivity contribution in [3.63, 3.8) is 0 Å². The molecular weight excluding hydrogens is 692 g/mol. The van der Waals surface area contributed by atoms with Crippen LogP contribution in [0.15, 0.2) is 48.5 Å². The van der Waals surface area contributed by atoms with Gasteiger partial charge in [-0.25, -0.2) is 9.59 Å². The van der Waals surface area contributed by atoms with Crippen molar-refractivity contribution in [2.45, 2.75) is 123 Å². The Labute approximate surface area is 320 Å². The second-order valence-corrected chi connectivity index (χ2v) is 16.3. The van der Waals surface area contributed by atoms with Gasteiger partial charge in [0, 0.05) is 53.2 Å². The highest BCUT2D eigenvalue weighted by Gasteiger charge is 2.55. The second-order valence-electron chi connectivity index (χ2n) is 16.3. The van der Waals surface area contributed by atoms with Crippen LogP contribution in [0.3, 0.4) is 0 Å². The number of aliphatic hydroxyl groups is 1. The molecule has 0 bridgehead atoms. The van der Waals surface area contributed by atoms with Crippen LogP contribution in [0.1, 0.15) is 117 Å². The molecule has 2 fully saturated rings. The maximum absolute atomic E-state index is 13.0. The quantitative estimate of drug-likeness (QED) is 0.310. The number of Topliss-reactive ketones (excluding diaryl/α,β-unsaturated/α-hetero) is 3. The monoisotopic (exact) mass is 751 g/mol. The molecule has 2 aromatic carbocycles. The number of aliphatic hydroxyl groups excluding tert-OH is 1. The second kappa shape index (κ2) is 16.5. The third-order valence-corrected chi connectivity index (χ3v) is 9.98. The van der Waals surface area contributed by atoms with Crippen LogP contribution in [-0.4, -0.2) is 99.1 Å². The van der Waals surface area contributed by atoms with E-state index in [9.17, 15) is 29.1 Å². The fourth-order valence-corrected chi connectivity index (χ4v) is 7.69. The first-order valence-electron chi connectivity index (χ1n) is 19.5. The summed E-state index contributed by atoms with van der Waals surface area (Å²) < 4.78 is 29.5. The Morgan fingerprint density at radius 3 is 1.52 bits per heavy atom. The summed E-state index contributed by atoms with van der Waals surface area (Å²) in [5.74, 6) is -0.884. The number of rotatable bonds is 2. The van der Waals surface area contributed by atoms with E-state index < -0.39 is 40.3 Å². The number of benzene rings is 2. The molecule has 0 aromatic heterocycles. The average molecular weight is 752 g/mol. The summed E-state index contributed by atoms with van der Waals surface area (Å²) in [7, 11) is 0. The molecule has 4 heterocycles. The lowest BCUT2D eigenvalue weighted by Crippen LogP contribution is -2.60. The zero-order valence-electron chi connectivity index (χ0n) is 34.2. The molecule has 4 aliphatic heterocycles. The van der Waals surface area contributed by atoms with E-state index in [4.69, 9.17) is 20.3 Å². The van der Waals surface area contributed by atoms with E-state index in [0.29, 0.717) is 81.4 Å². The molecule has 0 aliphatic carbocycles. The van der Waals surface area contributed by atoms with Crippen LogP contribution in [0, 0.1) is 11.8 Å². The molecule has 2 aromatic rings. The first-order valence-corrected chi connectivity index (χ1v) is 18.8. The lowest BCUT2D eigenvalue weighted by atomic mass is 9.71. The van der Waals surface area contributed by atoms with Crippen molar-refractivity contribution in [2.75, 3.05) is 26.2 Å². The van der Waals surface area contributed by atoms with E-state index in [1.54, 1.807) is 60.0 Å². The highest BCUT2D eigenvalue weighted by atomic mass is 16.6. The fraction of sp³-hybridized carbons (Fsp3) is 0.595. The van der Waals surface area contributed by atoms with Crippen molar-refractivity contribution >= 4 is 29.5 Å². The summed E-state index contributed by atoms with van der Waals surface area (Å²) in [5.41, 5.74) is -1.84. The third kappa shape index (κ3) is 9.25. The van der Waals surface area contributed by atoms with Gasteiger partial charge >= 0.3 is 12.2 Å². The Morgan fingerprint density at radius 1 is 0.759 bits per heavy atom. The van der Waals surface area contributed by atoms with Crippen molar-refractivity contribution in [1.82, 2.24) is 9.80 Å². The smallest absolute Gasteiger partial charge is 0.410 e. The van der Waals surface area contributed by atoms with Crippen molar-refractivity contribution in [3.05, 3.63) is 59.7 Å². The Hall–Kier alpha value is -4.45. The molecule has 2 spiro atoms. The Kier molecular flexibility index (Phi) is 12.4. The Balaban J connectivity index is 0.000000228. The molecule has 6 rings (SSSR count). The average Bonchev–Trinajstić information content (AvgIpc) is 3.08. The number of hydrogen-bond donors (Lipinski definition) is 1. The van der Waals surface area contributed by atoms with E-state index in [1.165, 1.54) is 6.92 Å². The summed E-state index contributed by atoms with van der Waals surface area (Å²) in [5, 5.41) is 10.3. The molecule has 3 atom stereocenters. The molecule has 0 radical (unpaired) electrons. The van der Waals surface area contributed by atoms with Crippen molar-refractivity contribution in [1.29, 1.82) is 0 Å². The predicted octanol–water partition coefficient (Wildman–Crippen LogP) is 7.29. The topological polar surface area (TPSA) is 149 Å². The van der Waals surface area contributed by atoms with Crippen LogP contribution in [0.5, 0.6) is 11.5 Å². The zero-order chi connectivity index (χ0) is 40.9. The lowest BCUT2D eigenvalue weighted by Gasteiger charge is -2.49. The number of piperidine rings is 2. The molecule has 12 nitrogen and oxygen atoms in total. The van der Waals surface area contributed by atoms with Gasteiger partial charge in [0.05, 0.1) is 23.1 Å². The van der Waals surface area contributed by atoms with E-state index in [0.717, 1.165) is 0 Å². The van der Waals surface area contributed by atoms with E-state index in [2.05, 4.69) is 0 Å². The standard InChI is InChI=1S/C20H27NO5.C20H25NO5.C2H6/c2*1-13(22)16-17(23)14-7-5-6-8-15(14)25-20(16)9-11-21(12-10-20)18(24)26-19(2,3)4;1-2/h5-8,13,16,22H,9-12H2,1-4H3;5-8,16H,9-12H2,1-4H3;1-2H3/i;;1D. The van der Waals surface area contributed by atoms with Gasteiger partial charge in [0.2, 0.25) is 0 Å². The van der Waals surface area contributed by atoms with Gasteiger partial charge in [0.1, 0.15) is 45.6 Å². The number of ketones is 3. The van der Waals surface area contributed by atoms with Gasteiger partial charge in [-0.1, -0.05) is 38.1 Å². The van der Waals surface area contributed by atoms with Gasteiger partial charge in [0.25, 0.3) is 0 Å². The van der Waals surface area contributed by atoms with Crippen LogP contribution in [0.4, 0.5) is 9.59 Å². The normalized spacial score (nSPS) is 22.0. The minimum absolute atomic E-state index is 0.0902. The molecule has 3 unspecified atom stereocenters. The molecular formula is C42H58N2O10. The van der Waals surface area contributed by atoms with Crippen LogP contribution in [0.2, 0.25) is 0 Å². The Bertz CT molecular complexity index is 1710. The van der Waals surface area contributed by atoms with Gasteiger partial charge in [-0.2, -0.15) is 0 Å². The number of amides is 2. The minimum Gasteiger partial charge on any atom is -0.486 e. The van der Waals surface area contributed by atoms with E-state index >= 15 is 0 Å². The summed E-state index contributed by atoms with van der Waals surface area (Å²) in [6, 6.07) is 14.2. The largest absolute Gasteiger partial charge is 0.486 e. The van der Waals surface area contributed by atoms with Crippen molar-refractivity contribution in [2.24, 2.45) is 11.8 Å². The SMILES string of the molecule is CC(=O)C1C(=O)c2ccccc2OC12CCN(C(=O)OC(C)(C)C)CC2.CC(O)C1C(=O)c2ccccc2OC12CCN(C(=O)OC(C)(C)C)CC2.[2H]CC. The van der Waals surface area contributed by atoms with Crippen LogP contribution >= 0.6 is 0 Å². The first-order chi connectivity index (χ1) is 25.7. The molecule has 54 heavy (non-hydrogen) atoms. The molecule has 12 heteroatoms. The number of ether oxygens (including phenoxy) is 4. The summed E-state index contributed by atoms with van der Waals surface area (Å²) in [6.45, 7) is 17.9. The van der Waals surface area contributed by atoms with E-state index in [-0.39, 0.29) is 29.5 Å². The van der Waals surface area contributed by atoms with Crippen LogP contribution in [0.25, 0.3) is 0 Å². The van der Waals surface area contributed by atoms with Gasteiger partial charge in [0.15, 0.2) is 11.6 Å². The summed E-state index contributed by atoms with van der Waals surface area (Å²) >= 11 is 0. The maximum Gasteiger partial charge on any atom is 0.410 e. The summed E-state index contributed by atoms with van der Waals surface area (Å²) in [6.07, 6.45) is 0.207. The maximum atomic E-state index is 13.0. The lowest BCUT2D eigenvalue weighted by molar-refractivity contribution is -0.129. The number of para-hydroxylation sites is 2. The number of nitrogens with zero attached hydrogens (tertiary/aromatic N) is 2. The minimum atomic E-state index is -0.893. The number of likely N-dealkylation sites (tertiary alicyclic amines) is 2. The first kappa shape index (κ1) is 40.7.